The third-order valence-electron chi connectivity index (χ3n) is 3.78. The average Bonchev–Trinajstić information content (AvgIpc) is 2.92. The first-order valence-corrected chi connectivity index (χ1v) is 6.96. The highest BCUT2D eigenvalue weighted by Crippen LogP contribution is 2.33. The molecule has 1 aliphatic rings. The predicted octanol–water partition coefficient (Wildman–Crippen LogP) is 1.01. The molecule has 3 rings (SSSR count). The summed E-state index contributed by atoms with van der Waals surface area (Å²) in [4.78, 5) is 4.47. The van der Waals surface area contributed by atoms with Crippen LogP contribution in [0.2, 0.25) is 0 Å². The molecule has 112 valence electrons. The molecule has 1 atom stereocenters. The first kappa shape index (κ1) is 13.7. The molecule has 0 bridgehead atoms. The predicted molar refractivity (Wildman–Crippen MR) is 83.0 cm³/mol. The van der Waals surface area contributed by atoms with Gasteiger partial charge in [0, 0.05) is 25.5 Å². The number of anilines is 1. The van der Waals surface area contributed by atoms with Gasteiger partial charge in [-0.05, 0) is 26.8 Å². The zero-order valence-electron chi connectivity index (χ0n) is 12.8. The van der Waals surface area contributed by atoms with Crippen LogP contribution in [0.4, 0.5) is 5.82 Å². The quantitative estimate of drug-likeness (QED) is 0.767. The van der Waals surface area contributed by atoms with E-state index in [-0.39, 0.29) is 0 Å². The van der Waals surface area contributed by atoms with Crippen molar-refractivity contribution in [3.05, 3.63) is 35.3 Å². The summed E-state index contributed by atoms with van der Waals surface area (Å²) < 4.78 is 3.83. The number of aliphatic imine (C=N–C) groups is 1. The van der Waals surface area contributed by atoms with Crippen LogP contribution in [-0.2, 0) is 12.8 Å². The summed E-state index contributed by atoms with van der Waals surface area (Å²) in [6.45, 7) is 6.13. The van der Waals surface area contributed by atoms with Crippen molar-refractivity contribution in [2.24, 2.45) is 23.5 Å². The van der Waals surface area contributed by atoms with Crippen LogP contribution in [0.5, 0.6) is 0 Å². The van der Waals surface area contributed by atoms with Gasteiger partial charge >= 0.3 is 0 Å². The molecule has 0 aromatic carbocycles. The van der Waals surface area contributed by atoms with E-state index in [1.807, 2.05) is 32.4 Å². The molecule has 0 aliphatic carbocycles. The Labute approximate surface area is 123 Å². The summed E-state index contributed by atoms with van der Waals surface area (Å²) in [6.07, 6.45) is 3.86. The van der Waals surface area contributed by atoms with Gasteiger partial charge in [0.2, 0.25) is 5.79 Å². The van der Waals surface area contributed by atoms with Gasteiger partial charge in [-0.2, -0.15) is 5.10 Å². The molecule has 1 aliphatic heterocycles. The lowest BCUT2D eigenvalue weighted by Gasteiger charge is -2.33. The second-order valence-electron chi connectivity index (χ2n) is 5.77. The molecule has 0 spiro atoms. The second-order valence-corrected chi connectivity index (χ2v) is 5.77. The SMILES string of the molecule is Cc1nn(C)cc1C1(N)N=C(N)c2ccn(C(C)C)c2N1. The van der Waals surface area contributed by atoms with Crippen molar-refractivity contribution in [2.45, 2.75) is 32.6 Å². The lowest BCUT2D eigenvalue weighted by molar-refractivity contribution is 0.514. The van der Waals surface area contributed by atoms with E-state index in [2.05, 4.69) is 33.8 Å². The fourth-order valence-electron chi connectivity index (χ4n) is 2.78. The Morgan fingerprint density at radius 1 is 1.38 bits per heavy atom. The molecule has 0 amide bonds. The van der Waals surface area contributed by atoms with Crippen molar-refractivity contribution in [1.82, 2.24) is 14.3 Å². The molecule has 0 saturated carbocycles. The molecular formula is C14H21N7. The van der Waals surface area contributed by atoms with Crippen LogP contribution in [0.15, 0.2) is 23.5 Å². The summed E-state index contributed by atoms with van der Waals surface area (Å²) >= 11 is 0. The molecule has 1 unspecified atom stereocenters. The fraction of sp³-hybridized carbons (Fsp3) is 0.429. The standard InChI is InChI=1S/C14H21N7/c1-8(2)21-6-5-10-12(15)17-14(16,18-13(10)21)11-7-20(4)19-9(11)3/h5-8,18H,16H2,1-4H3,(H2,15,17). The van der Waals surface area contributed by atoms with Gasteiger partial charge in [-0.15, -0.1) is 0 Å². The van der Waals surface area contributed by atoms with Crippen LogP contribution in [0.1, 0.15) is 36.7 Å². The van der Waals surface area contributed by atoms with Crippen molar-refractivity contribution in [3.63, 3.8) is 0 Å². The number of fused-ring (bicyclic) bond motifs is 1. The second kappa shape index (κ2) is 4.36. The van der Waals surface area contributed by atoms with Crippen LogP contribution in [0, 0.1) is 6.92 Å². The Kier molecular flexibility index (Phi) is 2.84. The highest BCUT2D eigenvalue weighted by molar-refractivity contribution is 6.03. The Bertz CT molecular complexity index is 722. The number of aryl methyl sites for hydroxylation is 2. The van der Waals surface area contributed by atoms with Gasteiger partial charge in [-0.1, -0.05) is 0 Å². The molecule has 0 fully saturated rings. The minimum Gasteiger partial charge on any atom is -0.383 e. The van der Waals surface area contributed by atoms with E-state index in [1.165, 1.54) is 0 Å². The molecule has 7 heteroatoms. The van der Waals surface area contributed by atoms with Crippen LogP contribution >= 0.6 is 0 Å². The number of amidine groups is 1. The molecule has 21 heavy (non-hydrogen) atoms. The third kappa shape index (κ3) is 2.01. The fourth-order valence-corrected chi connectivity index (χ4v) is 2.78. The van der Waals surface area contributed by atoms with Crippen molar-refractivity contribution in [1.29, 1.82) is 0 Å². The maximum atomic E-state index is 6.48. The van der Waals surface area contributed by atoms with Crippen LogP contribution in [-0.4, -0.2) is 20.2 Å². The van der Waals surface area contributed by atoms with E-state index < -0.39 is 5.79 Å². The summed E-state index contributed by atoms with van der Waals surface area (Å²) in [5.74, 6) is 0.234. The van der Waals surface area contributed by atoms with Gasteiger partial charge in [-0.3, -0.25) is 10.4 Å². The number of hydrogen-bond donors (Lipinski definition) is 3. The maximum Gasteiger partial charge on any atom is 0.215 e. The van der Waals surface area contributed by atoms with E-state index >= 15 is 0 Å². The van der Waals surface area contributed by atoms with E-state index in [0.717, 1.165) is 22.6 Å². The molecule has 2 aromatic heterocycles. The van der Waals surface area contributed by atoms with E-state index in [4.69, 9.17) is 11.5 Å². The Morgan fingerprint density at radius 2 is 2.10 bits per heavy atom. The summed E-state index contributed by atoms with van der Waals surface area (Å²) in [5.41, 5.74) is 15.1. The largest absolute Gasteiger partial charge is 0.383 e. The lowest BCUT2D eigenvalue weighted by Crippen LogP contribution is -2.48. The van der Waals surface area contributed by atoms with E-state index in [9.17, 15) is 0 Å². The zero-order valence-corrected chi connectivity index (χ0v) is 12.8. The third-order valence-corrected chi connectivity index (χ3v) is 3.78. The van der Waals surface area contributed by atoms with Gasteiger partial charge in [0.1, 0.15) is 11.7 Å². The molecule has 0 saturated heterocycles. The van der Waals surface area contributed by atoms with Gasteiger partial charge < -0.3 is 15.6 Å². The van der Waals surface area contributed by atoms with E-state index in [0.29, 0.717) is 11.9 Å². The van der Waals surface area contributed by atoms with Crippen LogP contribution < -0.4 is 16.8 Å². The molecule has 5 N–H and O–H groups in total. The smallest absolute Gasteiger partial charge is 0.215 e. The van der Waals surface area contributed by atoms with Crippen molar-refractivity contribution >= 4 is 11.7 Å². The Balaban J connectivity index is 2.13. The zero-order chi connectivity index (χ0) is 15.4. The Hall–Kier alpha value is -2.28. The highest BCUT2D eigenvalue weighted by Gasteiger charge is 2.36. The molecular weight excluding hydrogens is 266 g/mol. The van der Waals surface area contributed by atoms with Gasteiger partial charge in [-0.25, -0.2) is 4.99 Å². The molecule has 2 aromatic rings. The number of rotatable bonds is 2. The molecule has 3 heterocycles. The molecule has 7 nitrogen and oxygen atoms in total. The average molecular weight is 287 g/mol. The number of nitrogens with one attached hydrogen (secondary N) is 1. The van der Waals surface area contributed by atoms with Gasteiger partial charge in [0.05, 0.1) is 16.8 Å². The Morgan fingerprint density at radius 3 is 2.67 bits per heavy atom. The highest BCUT2D eigenvalue weighted by atomic mass is 15.3. The van der Waals surface area contributed by atoms with E-state index in [1.54, 1.807) is 4.68 Å². The van der Waals surface area contributed by atoms with Crippen molar-refractivity contribution in [3.8, 4) is 0 Å². The lowest BCUT2D eigenvalue weighted by atomic mass is 10.1. The van der Waals surface area contributed by atoms with Crippen LogP contribution in [0.3, 0.4) is 0 Å². The number of nitrogens with zero attached hydrogens (tertiary/aromatic N) is 4. The maximum absolute atomic E-state index is 6.48. The first-order valence-electron chi connectivity index (χ1n) is 6.96. The topological polar surface area (TPSA) is 99.2 Å². The minimum atomic E-state index is -1.10. The van der Waals surface area contributed by atoms with Crippen LogP contribution in [0.25, 0.3) is 0 Å². The minimum absolute atomic E-state index is 0.298. The van der Waals surface area contributed by atoms with Crippen molar-refractivity contribution < 1.29 is 0 Å². The molecule has 0 radical (unpaired) electrons. The summed E-state index contributed by atoms with van der Waals surface area (Å²) in [5, 5.41) is 7.66. The van der Waals surface area contributed by atoms with Gasteiger partial charge in [0.25, 0.3) is 0 Å². The number of hydrogen-bond acceptors (Lipinski definition) is 5. The monoisotopic (exact) mass is 287 g/mol. The van der Waals surface area contributed by atoms with Crippen molar-refractivity contribution in [2.75, 3.05) is 5.32 Å². The summed E-state index contributed by atoms with van der Waals surface area (Å²) in [6, 6.07) is 2.25. The summed E-state index contributed by atoms with van der Waals surface area (Å²) in [7, 11) is 1.86. The first-order chi connectivity index (χ1) is 9.82. The normalized spacial score (nSPS) is 21.1. The van der Waals surface area contributed by atoms with Gasteiger partial charge in [0.15, 0.2) is 0 Å². The number of aromatic nitrogens is 3. The number of nitrogens with two attached hydrogens (primary N) is 2.